The van der Waals surface area contributed by atoms with Gasteiger partial charge in [0.25, 0.3) is 0 Å². The van der Waals surface area contributed by atoms with E-state index in [1.54, 1.807) is 0 Å². The molecule has 2 aliphatic rings. The van der Waals surface area contributed by atoms with Crippen LogP contribution in [-0.2, 0) is 5.41 Å². The summed E-state index contributed by atoms with van der Waals surface area (Å²) in [5, 5.41) is 7.03. The number of benzene rings is 12. The summed E-state index contributed by atoms with van der Waals surface area (Å²) in [6.07, 6.45) is 0. The summed E-state index contributed by atoms with van der Waals surface area (Å²) in [5.41, 5.74) is 21.9. The third kappa shape index (κ3) is 5.71. The van der Waals surface area contributed by atoms with E-state index in [-0.39, 0.29) is 0 Å². The second-order valence-corrected chi connectivity index (χ2v) is 19.0. The molecule has 12 aromatic carbocycles. The average Bonchev–Trinajstić information content (AvgIpc) is 4.09. The molecule has 0 amide bonds. The summed E-state index contributed by atoms with van der Waals surface area (Å²) >= 11 is 0. The van der Waals surface area contributed by atoms with Crippen LogP contribution in [0.15, 0.2) is 265 Å². The molecule has 1 spiro atoms. The summed E-state index contributed by atoms with van der Waals surface area (Å²) in [6.45, 7) is 0. The molecule has 13 aromatic rings. The van der Waals surface area contributed by atoms with Crippen LogP contribution in [0, 0.1) is 0 Å². The number of anilines is 3. The van der Waals surface area contributed by atoms with Crippen LogP contribution in [0.3, 0.4) is 0 Å². The number of rotatable bonds is 6. The highest BCUT2D eigenvalue weighted by atomic mass is 16.3. The quantitative estimate of drug-likeness (QED) is 0.165. The first-order valence-corrected chi connectivity index (χ1v) is 24.6. The van der Waals surface area contributed by atoms with Crippen molar-refractivity contribution in [1.29, 1.82) is 0 Å². The topological polar surface area (TPSA) is 16.4 Å². The van der Waals surface area contributed by atoms with Gasteiger partial charge in [-0.05, 0) is 108 Å². The molecular weight excluding hydrogens is 859 g/mol. The Balaban J connectivity index is 0.944. The monoisotopic (exact) mass is 901 g/mol. The summed E-state index contributed by atoms with van der Waals surface area (Å²) in [6, 6.07) is 96.0. The lowest BCUT2D eigenvalue weighted by molar-refractivity contribution is 0.674. The number of fused-ring (bicyclic) bond motifs is 16. The summed E-state index contributed by atoms with van der Waals surface area (Å²) in [4.78, 5) is 2.50. The van der Waals surface area contributed by atoms with Gasteiger partial charge in [0.2, 0.25) is 0 Å². The Kier molecular flexibility index (Phi) is 8.61. The predicted molar refractivity (Wildman–Crippen MR) is 296 cm³/mol. The highest BCUT2D eigenvalue weighted by Gasteiger charge is 2.52. The summed E-state index contributed by atoms with van der Waals surface area (Å²) in [7, 11) is 0. The van der Waals surface area contributed by atoms with Crippen LogP contribution >= 0.6 is 0 Å². The molecule has 0 saturated heterocycles. The van der Waals surface area contributed by atoms with Crippen LogP contribution in [-0.4, -0.2) is 0 Å². The van der Waals surface area contributed by atoms with Crippen LogP contribution in [0.5, 0.6) is 0 Å². The van der Waals surface area contributed by atoms with Crippen LogP contribution in [0.4, 0.5) is 17.1 Å². The first-order chi connectivity index (χ1) is 35.2. The van der Waals surface area contributed by atoms with Crippen LogP contribution in [0.1, 0.15) is 22.3 Å². The zero-order chi connectivity index (χ0) is 46.6. The molecule has 0 atom stereocenters. The highest BCUT2D eigenvalue weighted by molar-refractivity contribution is 6.18. The van der Waals surface area contributed by atoms with Crippen molar-refractivity contribution in [1.82, 2.24) is 0 Å². The fraction of sp³-hybridized carbons (Fsp3) is 0.0145. The van der Waals surface area contributed by atoms with Crippen molar-refractivity contribution in [3.8, 4) is 55.6 Å². The van der Waals surface area contributed by atoms with Crippen molar-refractivity contribution in [3.05, 3.63) is 283 Å². The third-order valence-electron chi connectivity index (χ3n) is 15.5. The van der Waals surface area contributed by atoms with E-state index in [2.05, 4.69) is 266 Å². The van der Waals surface area contributed by atoms with Gasteiger partial charge in [0.05, 0.1) is 16.8 Å². The second-order valence-electron chi connectivity index (χ2n) is 19.0. The molecule has 0 saturated carbocycles. The van der Waals surface area contributed by atoms with Gasteiger partial charge in [-0.25, -0.2) is 0 Å². The molecule has 0 bridgehead atoms. The maximum Gasteiger partial charge on any atom is 0.143 e. The molecule has 330 valence electrons. The molecule has 2 aliphatic carbocycles. The minimum Gasteiger partial charge on any atom is -0.455 e. The van der Waals surface area contributed by atoms with Crippen LogP contribution in [0.25, 0.3) is 99.1 Å². The molecule has 15 rings (SSSR count). The van der Waals surface area contributed by atoms with Gasteiger partial charge in [-0.3, -0.25) is 0 Å². The molecule has 2 heteroatoms. The number of furan rings is 1. The van der Waals surface area contributed by atoms with Crippen LogP contribution < -0.4 is 4.90 Å². The number of hydrogen-bond acceptors (Lipinski definition) is 2. The van der Waals surface area contributed by atoms with Crippen molar-refractivity contribution in [2.45, 2.75) is 5.41 Å². The first kappa shape index (κ1) is 39.7. The van der Waals surface area contributed by atoms with E-state index in [9.17, 15) is 0 Å². The molecule has 0 aliphatic heterocycles. The maximum absolute atomic E-state index is 7.05. The Morgan fingerprint density at radius 2 is 0.732 bits per heavy atom. The van der Waals surface area contributed by atoms with Crippen LogP contribution in [0.2, 0.25) is 0 Å². The second kappa shape index (κ2) is 15.4. The molecular formula is C69H43NO. The molecule has 0 radical (unpaired) electrons. The lowest BCUT2D eigenvalue weighted by Gasteiger charge is -2.32. The van der Waals surface area contributed by atoms with E-state index in [0.29, 0.717) is 0 Å². The van der Waals surface area contributed by atoms with E-state index < -0.39 is 5.41 Å². The Morgan fingerprint density at radius 1 is 0.268 bits per heavy atom. The Hall–Kier alpha value is -9.24. The van der Waals surface area contributed by atoms with Gasteiger partial charge < -0.3 is 9.32 Å². The van der Waals surface area contributed by atoms with Gasteiger partial charge in [-0.15, -0.1) is 0 Å². The Labute approximate surface area is 412 Å². The minimum atomic E-state index is -0.481. The Morgan fingerprint density at radius 3 is 1.48 bits per heavy atom. The minimum absolute atomic E-state index is 0.481. The third-order valence-corrected chi connectivity index (χ3v) is 15.5. The molecule has 0 fully saturated rings. The van der Waals surface area contributed by atoms with Crippen molar-refractivity contribution in [2.24, 2.45) is 0 Å². The molecule has 71 heavy (non-hydrogen) atoms. The Bertz CT molecular complexity index is 4240. The van der Waals surface area contributed by atoms with Gasteiger partial charge in [0.15, 0.2) is 0 Å². The van der Waals surface area contributed by atoms with E-state index in [4.69, 9.17) is 4.42 Å². The first-order valence-electron chi connectivity index (χ1n) is 24.6. The van der Waals surface area contributed by atoms with Crippen molar-refractivity contribution < 1.29 is 4.42 Å². The van der Waals surface area contributed by atoms with Crippen molar-refractivity contribution >= 4 is 60.5 Å². The number of hydrogen-bond donors (Lipinski definition) is 0. The molecule has 2 nitrogen and oxygen atoms in total. The summed E-state index contributed by atoms with van der Waals surface area (Å²) in [5.74, 6) is 0. The van der Waals surface area contributed by atoms with Crippen molar-refractivity contribution in [3.63, 3.8) is 0 Å². The van der Waals surface area contributed by atoms with Gasteiger partial charge in [0.1, 0.15) is 11.2 Å². The standard InChI is InChI=1S/C69H43NO/c1-3-19-50-46(16-1)18-13-25-51(50)48-36-34-44(35-37-48)45-38-41-49(42-39-45)70(64-32-12-8-23-55(64)56-26-14-27-57-58-43-40-47-17-2-4-20-52(47)67(58)71-68(56)57)65-33-15-31-63-66(65)59-24-7-11-30-62(59)69(63)60-28-9-5-21-53(60)54-22-6-10-29-61(54)69/h1-43H. The van der Waals surface area contributed by atoms with E-state index in [1.165, 1.54) is 77.4 Å². The lowest BCUT2D eigenvalue weighted by atomic mass is 9.70. The lowest BCUT2D eigenvalue weighted by Crippen LogP contribution is -2.26. The SMILES string of the molecule is c1ccc(N(c2ccc(-c3ccc(-c4cccc5ccccc45)cc3)cc2)c2cccc3c2-c2ccccc2C32c3ccccc3-c3ccccc32)c(-c2cccc3c2oc2c4ccccc4ccc32)c1. The van der Waals surface area contributed by atoms with Crippen molar-refractivity contribution in [2.75, 3.05) is 4.90 Å². The predicted octanol–water partition coefficient (Wildman–Crippen LogP) is 18.7. The zero-order valence-corrected chi connectivity index (χ0v) is 38.7. The normalized spacial score (nSPS) is 12.9. The highest BCUT2D eigenvalue weighted by Crippen LogP contribution is 2.65. The maximum atomic E-state index is 7.05. The van der Waals surface area contributed by atoms with E-state index in [0.717, 1.165) is 61.1 Å². The largest absolute Gasteiger partial charge is 0.455 e. The smallest absolute Gasteiger partial charge is 0.143 e. The fourth-order valence-corrected chi connectivity index (χ4v) is 12.5. The van der Waals surface area contributed by atoms with E-state index >= 15 is 0 Å². The molecule has 0 unspecified atom stereocenters. The zero-order valence-electron chi connectivity index (χ0n) is 38.7. The molecule has 0 N–H and O–H groups in total. The van der Waals surface area contributed by atoms with Gasteiger partial charge in [-0.1, -0.05) is 231 Å². The van der Waals surface area contributed by atoms with Gasteiger partial charge in [-0.2, -0.15) is 0 Å². The molecule has 1 aromatic heterocycles. The van der Waals surface area contributed by atoms with Gasteiger partial charge >= 0.3 is 0 Å². The fourth-order valence-electron chi connectivity index (χ4n) is 12.5. The van der Waals surface area contributed by atoms with E-state index in [1.807, 2.05) is 0 Å². The van der Waals surface area contributed by atoms with Gasteiger partial charge in [0, 0.05) is 38.5 Å². The number of para-hydroxylation sites is 2. The average molecular weight is 902 g/mol. The molecule has 1 heterocycles. The summed E-state index contributed by atoms with van der Waals surface area (Å²) < 4.78 is 7.05. The number of nitrogens with zero attached hydrogens (tertiary/aromatic N) is 1.